The van der Waals surface area contributed by atoms with Crippen LogP contribution in [0.1, 0.15) is 29.8 Å². The molecule has 1 amide bonds. The topological polar surface area (TPSA) is 45.5 Å². The largest absolute Gasteiger partial charge is 0.459 e. The molecule has 1 unspecified atom stereocenters. The fraction of sp³-hybridized carbons (Fsp3) is 0.615. The molecule has 0 spiro atoms. The zero-order valence-corrected chi connectivity index (χ0v) is 10.3. The predicted octanol–water partition coefficient (Wildman–Crippen LogP) is 1.74. The van der Waals surface area contributed by atoms with Crippen LogP contribution in [0.2, 0.25) is 0 Å². The van der Waals surface area contributed by atoms with Gasteiger partial charge < -0.3 is 14.6 Å². The van der Waals surface area contributed by atoms with Gasteiger partial charge in [-0.25, -0.2) is 0 Å². The first kappa shape index (κ1) is 12.2. The van der Waals surface area contributed by atoms with Crippen LogP contribution in [0.25, 0.3) is 0 Å². The third kappa shape index (κ3) is 3.33. The number of furan rings is 1. The van der Waals surface area contributed by atoms with E-state index in [-0.39, 0.29) is 5.91 Å². The molecule has 4 heteroatoms. The van der Waals surface area contributed by atoms with Gasteiger partial charge in [-0.05, 0) is 50.4 Å². The molecule has 0 radical (unpaired) electrons. The van der Waals surface area contributed by atoms with Gasteiger partial charge in [0.1, 0.15) is 0 Å². The highest BCUT2D eigenvalue weighted by Crippen LogP contribution is 2.15. The van der Waals surface area contributed by atoms with Crippen molar-refractivity contribution in [3.63, 3.8) is 0 Å². The van der Waals surface area contributed by atoms with Gasteiger partial charge in [0.15, 0.2) is 5.76 Å². The molecule has 1 aliphatic rings. The lowest BCUT2D eigenvalue weighted by Crippen LogP contribution is -2.34. The van der Waals surface area contributed by atoms with Crippen LogP contribution in [-0.2, 0) is 0 Å². The van der Waals surface area contributed by atoms with Crippen molar-refractivity contribution in [3.05, 3.63) is 24.2 Å². The molecule has 1 aliphatic heterocycles. The summed E-state index contributed by atoms with van der Waals surface area (Å²) in [5.41, 5.74) is 0. The molecule has 1 saturated heterocycles. The SMILES string of the molecule is CN(CCC1CCCNC1)C(=O)c1ccco1. The van der Waals surface area contributed by atoms with Gasteiger partial charge in [0, 0.05) is 13.6 Å². The minimum absolute atomic E-state index is 0.0289. The van der Waals surface area contributed by atoms with Crippen LogP contribution >= 0.6 is 0 Å². The quantitative estimate of drug-likeness (QED) is 0.866. The van der Waals surface area contributed by atoms with Crippen LogP contribution in [0.5, 0.6) is 0 Å². The molecule has 1 aromatic rings. The molecular formula is C13H20N2O2. The van der Waals surface area contributed by atoms with Crippen molar-refractivity contribution in [3.8, 4) is 0 Å². The Morgan fingerprint density at radius 1 is 1.65 bits per heavy atom. The fourth-order valence-corrected chi connectivity index (χ4v) is 2.24. The van der Waals surface area contributed by atoms with E-state index in [1.807, 2.05) is 7.05 Å². The van der Waals surface area contributed by atoms with Gasteiger partial charge >= 0.3 is 0 Å². The first-order valence-electron chi connectivity index (χ1n) is 6.27. The number of nitrogens with one attached hydrogen (secondary N) is 1. The summed E-state index contributed by atoms with van der Waals surface area (Å²) >= 11 is 0. The van der Waals surface area contributed by atoms with E-state index in [1.165, 1.54) is 19.1 Å². The first-order valence-corrected chi connectivity index (χ1v) is 6.27. The van der Waals surface area contributed by atoms with Gasteiger partial charge in [-0.2, -0.15) is 0 Å². The third-order valence-corrected chi connectivity index (χ3v) is 3.35. The Labute approximate surface area is 102 Å². The Balaban J connectivity index is 1.76. The normalized spacial score (nSPS) is 20.2. The molecule has 94 valence electrons. The Hall–Kier alpha value is -1.29. The number of nitrogens with zero attached hydrogens (tertiary/aromatic N) is 1. The molecule has 2 heterocycles. The van der Waals surface area contributed by atoms with Crippen molar-refractivity contribution in [2.45, 2.75) is 19.3 Å². The van der Waals surface area contributed by atoms with Gasteiger partial charge in [-0.3, -0.25) is 4.79 Å². The highest BCUT2D eigenvalue weighted by molar-refractivity contribution is 5.91. The molecule has 0 aliphatic carbocycles. The number of amides is 1. The van der Waals surface area contributed by atoms with Crippen molar-refractivity contribution < 1.29 is 9.21 Å². The van der Waals surface area contributed by atoms with E-state index in [0.29, 0.717) is 11.7 Å². The Morgan fingerprint density at radius 2 is 2.53 bits per heavy atom. The first-order chi connectivity index (χ1) is 8.27. The molecule has 1 N–H and O–H groups in total. The third-order valence-electron chi connectivity index (χ3n) is 3.35. The summed E-state index contributed by atoms with van der Waals surface area (Å²) < 4.78 is 5.10. The molecule has 1 aromatic heterocycles. The van der Waals surface area contributed by atoms with Crippen LogP contribution in [0.3, 0.4) is 0 Å². The van der Waals surface area contributed by atoms with E-state index in [1.54, 1.807) is 17.0 Å². The van der Waals surface area contributed by atoms with E-state index in [2.05, 4.69) is 5.32 Å². The number of hydrogen-bond donors (Lipinski definition) is 1. The summed E-state index contributed by atoms with van der Waals surface area (Å²) in [6.07, 6.45) is 5.12. The molecular weight excluding hydrogens is 216 g/mol. The summed E-state index contributed by atoms with van der Waals surface area (Å²) in [4.78, 5) is 13.6. The van der Waals surface area contributed by atoms with Crippen molar-refractivity contribution >= 4 is 5.91 Å². The van der Waals surface area contributed by atoms with E-state index in [0.717, 1.165) is 26.1 Å². The Morgan fingerprint density at radius 3 is 3.18 bits per heavy atom. The second kappa shape index (κ2) is 5.87. The average Bonchev–Trinajstić information content (AvgIpc) is 2.90. The van der Waals surface area contributed by atoms with Crippen LogP contribution < -0.4 is 5.32 Å². The van der Waals surface area contributed by atoms with E-state index < -0.39 is 0 Å². The zero-order chi connectivity index (χ0) is 12.1. The number of piperidine rings is 1. The van der Waals surface area contributed by atoms with Crippen LogP contribution in [0.4, 0.5) is 0 Å². The summed E-state index contributed by atoms with van der Waals surface area (Å²) in [6.45, 7) is 3.02. The van der Waals surface area contributed by atoms with E-state index in [4.69, 9.17) is 4.42 Å². The van der Waals surface area contributed by atoms with Crippen LogP contribution in [0.15, 0.2) is 22.8 Å². The highest BCUT2D eigenvalue weighted by atomic mass is 16.3. The second-order valence-corrected chi connectivity index (χ2v) is 4.71. The number of carbonyl (C=O) groups excluding carboxylic acids is 1. The van der Waals surface area contributed by atoms with Gasteiger partial charge in [-0.1, -0.05) is 0 Å². The molecule has 4 nitrogen and oxygen atoms in total. The van der Waals surface area contributed by atoms with Crippen LogP contribution in [0, 0.1) is 5.92 Å². The number of hydrogen-bond acceptors (Lipinski definition) is 3. The molecule has 1 atom stereocenters. The average molecular weight is 236 g/mol. The number of carbonyl (C=O) groups is 1. The van der Waals surface area contributed by atoms with Gasteiger partial charge in [0.2, 0.25) is 0 Å². The Bertz CT molecular complexity index is 342. The lowest BCUT2D eigenvalue weighted by atomic mass is 9.96. The van der Waals surface area contributed by atoms with Gasteiger partial charge in [0.05, 0.1) is 6.26 Å². The summed E-state index contributed by atoms with van der Waals surface area (Å²) in [5, 5.41) is 3.39. The monoisotopic (exact) mass is 236 g/mol. The zero-order valence-electron chi connectivity index (χ0n) is 10.3. The number of rotatable bonds is 4. The maximum absolute atomic E-state index is 11.9. The molecule has 2 rings (SSSR count). The van der Waals surface area contributed by atoms with E-state index in [9.17, 15) is 4.79 Å². The summed E-state index contributed by atoms with van der Waals surface area (Å²) in [5.74, 6) is 1.10. The Kier molecular flexibility index (Phi) is 4.20. The van der Waals surface area contributed by atoms with Crippen molar-refractivity contribution in [2.75, 3.05) is 26.7 Å². The maximum atomic E-state index is 11.9. The lowest BCUT2D eigenvalue weighted by Gasteiger charge is -2.25. The standard InChI is InChI=1S/C13H20N2O2/c1-15(13(16)12-5-3-9-17-12)8-6-11-4-2-7-14-10-11/h3,5,9,11,14H,2,4,6-8,10H2,1H3. The maximum Gasteiger partial charge on any atom is 0.289 e. The minimum atomic E-state index is -0.0289. The molecule has 1 fully saturated rings. The molecule has 0 bridgehead atoms. The predicted molar refractivity (Wildman–Crippen MR) is 65.9 cm³/mol. The second-order valence-electron chi connectivity index (χ2n) is 4.71. The summed E-state index contributed by atoms with van der Waals surface area (Å²) in [6, 6.07) is 3.45. The lowest BCUT2D eigenvalue weighted by molar-refractivity contribution is 0.0753. The van der Waals surface area contributed by atoms with Gasteiger partial charge in [-0.15, -0.1) is 0 Å². The van der Waals surface area contributed by atoms with Crippen molar-refractivity contribution in [1.29, 1.82) is 0 Å². The molecule has 0 saturated carbocycles. The fourth-order valence-electron chi connectivity index (χ4n) is 2.24. The van der Waals surface area contributed by atoms with E-state index >= 15 is 0 Å². The molecule has 0 aromatic carbocycles. The minimum Gasteiger partial charge on any atom is -0.459 e. The molecule has 17 heavy (non-hydrogen) atoms. The van der Waals surface area contributed by atoms with Crippen molar-refractivity contribution in [1.82, 2.24) is 10.2 Å². The van der Waals surface area contributed by atoms with Gasteiger partial charge in [0.25, 0.3) is 5.91 Å². The smallest absolute Gasteiger partial charge is 0.289 e. The highest BCUT2D eigenvalue weighted by Gasteiger charge is 2.17. The summed E-state index contributed by atoms with van der Waals surface area (Å²) in [7, 11) is 1.83. The van der Waals surface area contributed by atoms with Crippen molar-refractivity contribution in [2.24, 2.45) is 5.92 Å². The van der Waals surface area contributed by atoms with Crippen LogP contribution in [-0.4, -0.2) is 37.5 Å².